The van der Waals surface area contributed by atoms with Crippen LogP contribution in [0.5, 0.6) is 11.5 Å². The van der Waals surface area contributed by atoms with Crippen LogP contribution in [0.25, 0.3) is 6.08 Å². The van der Waals surface area contributed by atoms with Crippen LogP contribution in [0.4, 0.5) is 11.4 Å². The second-order valence-corrected chi connectivity index (χ2v) is 6.19. The van der Waals surface area contributed by atoms with Crippen molar-refractivity contribution in [2.24, 2.45) is 0 Å². The number of nitrogens with one attached hydrogen (secondary N) is 1. The van der Waals surface area contributed by atoms with Gasteiger partial charge in [0, 0.05) is 19.1 Å². The Labute approximate surface area is 176 Å². The maximum absolute atomic E-state index is 12.4. The highest BCUT2D eigenvalue weighted by atomic mass is 35.5. The molecule has 0 aliphatic heterocycles. The summed E-state index contributed by atoms with van der Waals surface area (Å²) < 4.78 is 10.5. The van der Waals surface area contributed by atoms with E-state index >= 15 is 0 Å². The van der Waals surface area contributed by atoms with Gasteiger partial charge in [0.1, 0.15) is 11.6 Å². The van der Waals surface area contributed by atoms with Crippen molar-refractivity contribution in [1.29, 1.82) is 5.26 Å². The van der Waals surface area contributed by atoms with Gasteiger partial charge in [-0.2, -0.15) is 5.26 Å². The Morgan fingerprint density at radius 3 is 2.57 bits per heavy atom. The van der Waals surface area contributed by atoms with Crippen LogP contribution in [0.1, 0.15) is 19.4 Å². The monoisotopic (exact) mass is 429 g/mol. The number of carbonyl (C=O) groups is 2. The average molecular weight is 430 g/mol. The minimum Gasteiger partial charge on any atom is -0.490 e. The molecule has 9 nitrogen and oxygen atoms in total. The van der Waals surface area contributed by atoms with Crippen LogP contribution in [0.15, 0.2) is 42.0 Å². The summed E-state index contributed by atoms with van der Waals surface area (Å²) in [4.78, 5) is 33.8. The van der Waals surface area contributed by atoms with E-state index in [0.717, 1.165) is 6.07 Å². The first-order valence-electron chi connectivity index (χ1n) is 8.57. The minimum absolute atomic E-state index is 0.0424. The Balaban J connectivity index is 2.29. The Morgan fingerprint density at radius 1 is 1.27 bits per heavy atom. The lowest BCUT2D eigenvalue weighted by atomic mass is 10.1. The first-order valence-corrected chi connectivity index (χ1v) is 8.95. The van der Waals surface area contributed by atoms with Crippen molar-refractivity contribution >= 4 is 40.9 Å². The second kappa shape index (κ2) is 10.0. The minimum atomic E-state index is -0.754. The normalized spacial score (nSPS) is 10.7. The van der Waals surface area contributed by atoms with Gasteiger partial charge in [0.2, 0.25) is 0 Å². The van der Waals surface area contributed by atoms with Crippen molar-refractivity contribution < 1.29 is 24.0 Å². The number of rotatable bonds is 7. The van der Waals surface area contributed by atoms with Crippen LogP contribution in [-0.2, 0) is 9.59 Å². The lowest BCUT2D eigenvalue weighted by Crippen LogP contribution is -2.13. The van der Waals surface area contributed by atoms with Crippen LogP contribution in [0, 0.1) is 21.4 Å². The molecule has 0 spiro atoms. The van der Waals surface area contributed by atoms with E-state index in [1.54, 1.807) is 19.1 Å². The van der Waals surface area contributed by atoms with Gasteiger partial charge in [-0.1, -0.05) is 17.7 Å². The van der Waals surface area contributed by atoms with Crippen LogP contribution in [-0.4, -0.2) is 23.4 Å². The molecule has 0 fully saturated rings. The number of carbonyl (C=O) groups excluding carboxylic acids is 2. The van der Waals surface area contributed by atoms with E-state index in [0.29, 0.717) is 12.2 Å². The Bertz CT molecular complexity index is 1070. The predicted octanol–water partition coefficient (Wildman–Crippen LogP) is 4.12. The summed E-state index contributed by atoms with van der Waals surface area (Å²) in [5.74, 6) is -0.786. The predicted molar refractivity (Wildman–Crippen MR) is 109 cm³/mol. The third-order valence-electron chi connectivity index (χ3n) is 3.61. The summed E-state index contributed by atoms with van der Waals surface area (Å²) in [5.41, 5.74) is 0.0990. The van der Waals surface area contributed by atoms with Gasteiger partial charge < -0.3 is 14.8 Å². The van der Waals surface area contributed by atoms with Gasteiger partial charge in [-0.3, -0.25) is 19.7 Å². The van der Waals surface area contributed by atoms with E-state index in [-0.39, 0.29) is 33.5 Å². The van der Waals surface area contributed by atoms with E-state index in [9.17, 15) is 25.0 Å². The fourth-order valence-electron chi connectivity index (χ4n) is 2.35. The molecule has 0 atom stereocenters. The second-order valence-electron chi connectivity index (χ2n) is 5.78. The standard InChI is InChI=1S/C20H16ClN3O6/c1-3-29-19-9-13(4-7-18(19)30-12(2)25)8-14(11-22)20(26)23-17-6-5-15(24(27)28)10-16(17)21/h4-10H,3H2,1-2H3,(H,23,26). The quantitative estimate of drug-likeness (QED) is 0.175. The fourth-order valence-corrected chi connectivity index (χ4v) is 2.57. The smallest absolute Gasteiger partial charge is 0.308 e. The number of anilines is 1. The third kappa shape index (κ3) is 5.80. The van der Waals surface area contributed by atoms with Crippen molar-refractivity contribution in [3.8, 4) is 17.6 Å². The van der Waals surface area contributed by atoms with Gasteiger partial charge in [0.25, 0.3) is 11.6 Å². The molecule has 154 valence electrons. The van der Waals surface area contributed by atoms with E-state index in [4.69, 9.17) is 21.1 Å². The van der Waals surface area contributed by atoms with Crippen molar-refractivity contribution in [1.82, 2.24) is 0 Å². The molecule has 0 saturated carbocycles. The van der Waals surface area contributed by atoms with Crippen molar-refractivity contribution in [3.63, 3.8) is 0 Å². The number of hydrogen-bond donors (Lipinski definition) is 1. The first-order chi connectivity index (χ1) is 14.2. The molecular formula is C20H16ClN3O6. The van der Waals surface area contributed by atoms with E-state index in [1.165, 1.54) is 37.3 Å². The topological polar surface area (TPSA) is 132 Å². The summed E-state index contributed by atoms with van der Waals surface area (Å²) in [5, 5.41) is 22.5. The molecule has 0 aromatic heterocycles. The van der Waals surface area contributed by atoms with Gasteiger partial charge >= 0.3 is 5.97 Å². The molecule has 10 heteroatoms. The van der Waals surface area contributed by atoms with Gasteiger partial charge in [0.05, 0.1) is 22.2 Å². The number of non-ortho nitro benzene ring substituents is 1. The number of halogens is 1. The third-order valence-corrected chi connectivity index (χ3v) is 3.92. The lowest BCUT2D eigenvalue weighted by Gasteiger charge is -2.10. The van der Waals surface area contributed by atoms with Crippen molar-refractivity contribution in [2.75, 3.05) is 11.9 Å². The summed E-state index contributed by atoms with van der Waals surface area (Å²) in [6.45, 7) is 3.32. The maximum atomic E-state index is 12.4. The largest absolute Gasteiger partial charge is 0.490 e. The molecule has 0 bridgehead atoms. The highest BCUT2D eigenvalue weighted by molar-refractivity contribution is 6.34. The van der Waals surface area contributed by atoms with Crippen molar-refractivity contribution in [2.45, 2.75) is 13.8 Å². The Kier molecular flexibility index (Phi) is 7.50. The van der Waals surface area contributed by atoms with Crippen LogP contribution in [0.3, 0.4) is 0 Å². The number of esters is 1. The molecule has 0 saturated heterocycles. The maximum Gasteiger partial charge on any atom is 0.308 e. The van der Waals surface area contributed by atoms with Crippen LogP contribution in [0.2, 0.25) is 5.02 Å². The molecule has 2 rings (SSSR count). The highest BCUT2D eigenvalue weighted by Crippen LogP contribution is 2.30. The summed E-state index contributed by atoms with van der Waals surface area (Å²) in [6, 6.07) is 9.88. The number of ether oxygens (including phenoxy) is 2. The van der Waals surface area contributed by atoms with E-state index < -0.39 is 16.8 Å². The molecule has 0 radical (unpaired) electrons. The SMILES string of the molecule is CCOc1cc(C=C(C#N)C(=O)Nc2ccc([N+](=O)[O-])cc2Cl)ccc1OC(C)=O. The summed E-state index contributed by atoms with van der Waals surface area (Å²) in [7, 11) is 0. The average Bonchev–Trinajstić information content (AvgIpc) is 2.69. The molecule has 30 heavy (non-hydrogen) atoms. The van der Waals surface area contributed by atoms with E-state index in [1.807, 2.05) is 0 Å². The molecule has 2 aromatic carbocycles. The molecular weight excluding hydrogens is 414 g/mol. The Hall–Kier alpha value is -3.90. The Morgan fingerprint density at radius 2 is 2.00 bits per heavy atom. The van der Waals surface area contributed by atoms with Gasteiger partial charge in [-0.25, -0.2) is 0 Å². The number of nitrogens with zero attached hydrogens (tertiary/aromatic N) is 2. The van der Waals surface area contributed by atoms with Gasteiger partial charge in [0.15, 0.2) is 11.5 Å². The number of hydrogen-bond acceptors (Lipinski definition) is 7. The number of nitro groups is 1. The molecule has 2 aromatic rings. The number of amides is 1. The zero-order chi connectivity index (χ0) is 22.3. The highest BCUT2D eigenvalue weighted by Gasteiger charge is 2.15. The van der Waals surface area contributed by atoms with E-state index in [2.05, 4.69) is 5.32 Å². The lowest BCUT2D eigenvalue weighted by molar-refractivity contribution is -0.384. The molecule has 0 unspecified atom stereocenters. The molecule has 0 heterocycles. The van der Waals surface area contributed by atoms with Crippen LogP contribution < -0.4 is 14.8 Å². The summed E-state index contributed by atoms with van der Waals surface area (Å²) >= 11 is 5.96. The zero-order valence-electron chi connectivity index (χ0n) is 16.0. The molecule has 1 N–H and O–H groups in total. The first kappa shape index (κ1) is 22.4. The van der Waals surface area contributed by atoms with Crippen LogP contribution >= 0.6 is 11.6 Å². The molecule has 1 amide bonds. The molecule has 0 aliphatic carbocycles. The number of nitro benzene ring substituents is 1. The van der Waals surface area contributed by atoms with Gasteiger partial charge in [-0.15, -0.1) is 0 Å². The summed E-state index contributed by atoms with van der Waals surface area (Å²) in [6.07, 6.45) is 1.31. The zero-order valence-corrected chi connectivity index (χ0v) is 16.7. The fraction of sp³-hybridized carbons (Fsp3) is 0.150. The van der Waals surface area contributed by atoms with Gasteiger partial charge in [-0.05, 0) is 36.8 Å². The number of benzene rings is 2. The van der Waals surface area contributed by atoms with Crippen molar-refractivity contribution in [3.05, 3.63) is 62.7 Å². The number of nitriles is 1. The molecule has 0 aliphatic rings.